The van der Waals surface area contributed by atoms with E-state index in [0.717, 1.165) is 27.4 Å². The van der Waals surface area contributed by atoms with E-state index in [0.29, 0.717) is 10.7 Å². The van der Waals surface area contributed by atoms with Crippen molar-refractivity contribution in [3.8, 4) is 5.69 Å². The van der Waals surface area contributed by atoms with Gasteiger partial charge in [0, 0.05) is 23.4 Å². The number of thioether (sulfide) groups is 1. The summed E-state index contributed by atoms with van der Waals surface area (Å²) in [5.41, 5.74) is 2.36. The number of hydrogen-bond donors (Lipinski definition) is 0. The Balaban J connectivity index is 1.48. The van der Waals surface area contributed by atoms with Gasteiger partial charge in [-0.1, -0.05) is 30.0 Å². The van der Waals surface area contributed by atoms with Crippen LogP contribution in [0.5, 0.6) is 0 Å². The highest BCUT2D eigenvalue weighted by atomic mass is 32.2. The zero-order chi connectivity index (χ0) is 18.2. The summed E-state index contributed by atoms with van der Waals surface area (Å²) >= 11 is 2.97. The smallest absolute Gasteiger partial charge is 0.258 e. The van der Waals surface area contributed by atoms with Gasteiger partial charge in [-0.25, -0.2) is 19.6 Å². The first kappa shape index (κ1) is 16.2. The summed E-state index contributed by atoms with van der Waals surface area (Å²) < 4.78 is 3.34. The fourth-order valence-corrected chi connectivity index (χ4v) is 4.39. The van der Waals surface area contributed by atoms with E-state index in [-0.39, 0.29) is 5.56 Å². The molecule has 1 aromatic carbocycles. The molecule has 27 heavy (non-hydrogen) atoms. The molecule has 0 atom stereocenters. The van der Waals surface area contributed by atoms with E-state index in [9.17, 15) is 4.79 Å². The van der Waals surface area contributed by atoms with Gasteiger partial charge in [0.15, 0.2) is 10.6 Å². The summed E-state index contributed by atoms with van der Waals surface area (Å²) in [6.45, 7) is 0. The minimum Gasteiger partial charge on any atom is -0.269 e. The molecule has 0 unspecified atom stereocenters. The molecule has 0 saturated heterocycles. The van der Waals surface area contributed by atoms with Crippen LogP contribution >= 0.6 is 23.1 Å². The largest absolute Gasteiger partial charge is 0.269 e. The molecule has 4 heterocycles. The first-order valence-electron chi connectivity index (χ1n) is 8.12. The summed E-state index contributed by atoms with van der Waals surface area (Å²) in [5, 5.41) is 8.01. The minimum atomic E-state index is -0.0680. The number of thiazole rings is 1. The highest BCUT2D eigenvalue weighted by Gasteiger charge is 2.12. The lowest BCUT2D eigenvalue weighted by Gasteiger charge is -2.04. The quantitative estimate of drug-likeness (QED) is 0.345. The fraction of sp³-hybridized carbons (Fsp3) is 0.0556. The Morgan fingerprint density at radius 3 is 2.93 bits per heavy atom. The third kappa shape index (κ3) is 2.90. The van der Waals surface area contributed by atoms with Crippen molar-refractivity contribution >= 4 is 39.1 Å². The molecule has 0 bridgehead atoms. The Hall–Kier alpha value is -3.04. The Kier molecular flexibility index (Phi) is 3.95. The van der Waals surface area contributed by atoms with Gasteiger partial charge in [0.05, 0.1) is 23.0 Å². The van der Waals surface area contributed by atoms with E-state index in [1.165, 1.54) is 29.4 Å². The van der Waals surface area contributed by atoms with Crippen LogP contribution in [0.25, 0.3) is 21.7 Å². The summed E-state index contributed by atoms with van der Waals surface area (Å²) in [6, 6.07) is 11.4. The Morgan fingerprint density at radius 1 is 1.15 bits per heavy atom. The third-order valence-electron chi connectivity index (χ3n) is 4.04. The van der Waals surface area contributed by atoms with Crippen LogP contribution in [-0.4, -0.2) is 29.1 Å². The Labute approximate surface area is 161 Å². The van der Waals surface area contributed by atoms with E-state index in [1.54, 1.807) is 27.5 Å². The van der Waals surface area contributed by atoms with Gasteiger partial charge in [0.25, 0.3) is 5.56 Å². The summed E-state index contributed by atoms with van der Waals surface area (Å²) in [7, 11) is 0. The van der Waals surface area contributed by atoms with Gasteiger partial charge in [-0.05, 0) is 12.1 Å². The van der Waals surface area contributed by atoms with Gasteiger partial charge in [-0.15, -0.1) is 11.3 Å². The second kappa shape index (κ2) is 6.60. The number of para-hydroxylation sites is 1. The topological polar surface area (TPSA) is 78.0 Å². The van der Waals surface area contributed by atoms with Crippen molar-refractivity contribution in [3.05, 3.63) is 76.5 Å². The van der Waals surface area contributed by atoms with E-state index in [2.05, 4.69) is 20.1 Å². The SMILES string of the molecule is O=c1cc(CSc2ncnc3c2cnn3-c2ccccc2)nc2sccn12. The second-order valence-electron chi connectivity index (χ2n) is 5.74. The Bertz CT molecular complexity index is 1310. The summed E-state index contributed by atoms with van der Waals surface area (Å²) in [4.78, 5) is 26.1. The molecule has 0 spiro atoms. The molecule has 132 valence electrons. The Morgan fingerprint density at radius 2 is 2.04 bits per heavy atom. The number of rotatable bonds is 4. The van der Waals surface area contributed by atoms with E-state index in [4.69, 9.17) is 0 Å². The lowest BCUT2D eigenvalue weighted by Crippen LogP contribution is -2.12. The number of nitrogens with zero attached hydrogens (tertiary/aromatic N) is 6. The first-order chi connectivity index (χ1) is 13.3. The zero-order valence-electron chi connectivity index (χ0n) is 13.9. The first-order valence-corrected chi connectivity index (χ1v) is 9.99. The molecular weight excluding hydrogens is 380 g/mol. The van der Waals surface area contributed by atoms with Gasteiger partial charge in [0.1, 0.15) is 11.4 Å². The molecule has 7 nitrogen and oxygen atoms in total. The van der Waals surface area contributed by atoms with E-state index < -0.39 is 0 Å². The fourth-order valence-electron chi connectivity index (χ4n) is 2.80. The molecular formula is C18H12N6OS2. The van der Waals surface area contributed by atoms with Crippen molar-refractivity contribution in [1.82, 2.24) is 29.1 Å². The average Bonchev–Trinajstić information content (AvgIpc) is 3.34. The molecule has 5 aromatic rings. The van der Waals surface area contributed by atoms with Crippen LogP contribution in [0.15, 0.2) is 70.3 Å². The van der Waals surface area contributed by atoms with Crippen molar-refractivity contribution in [2.24, 2.45) is 0 Å². The maximum Gasteiger partial charge on any atom is 0.258 e. The molecule has 0 aliphatic carbocycles. The molecule has 5 rings (SSSR count). The molecule has 9 heteroatoms. The maximum atomic E-state index is 12.1. The predicted octanol–water partition coefficient (Wildman–Crippen LogP) is 3.18. The van der Waals surface area contributed by atoms with E-state index in [1.807, 2.05) is 35.7 Å². The van der Waals surface area contributed by atoms with Crippen LogP contribution in [0, 0.1) is 0 Å². The van der Waals surface area contributed by atoms with Crippen molar-refractivity contribution in [1.29, 1.82) is 0 Å². The highest BCUT2D eigenvalue weighted by Crippen LogP contribution is 2.27. The van der Waals surface area contributed by atoms with Crippen LogP contribution in [-0.2, 0) is 5.75 Å². The van der Waals surface area contributed by atoms with Gasteiger partial charge in [-0.2, -0.15) is 5.10 Å². The normalized spacial score (nSPS) is 11.4. The van der Waals surface area contributed by atoms with Crippen molar-refractivity contribution in [3.63, 3.8) is 0 Å². The molecule has 4 aromatic heterocycles. The second-order valence-corrected chi connectivity index (χ2v) is 7.58. The van der Waals surface area contributed by atoms with Gasteiger partial charge >= 0.3 is 0 Å². The van der Waals surface area contributed by atoms with Crippen molar-refractivity contribution in [2.45, 2.75) is 10.8 Å². The molecule has 0 amide bonds. The number of hydrogen-bond acceptors (Lipinski definition) is 7. The van der Waals surface area contributed by atoms with Crippen molar-refractivity contribution < 1.29 is 0 Å². The molecule has 0 saturated carbocycles. The van der Waals surface area contributed by atoms with Crippen LogP contribution < -0.4 is 5.56 Å². The number of benzene rings is 1. The molecule has 0 fully saturated rings. The zero-order valence-corrected chi connectivity index (χ0v) is 15.5. The van der Waals surface area contributed by atoms with Crippen LogP contribution in [0.1, 0.15) is 5.69 Å². The summed E-state index contributed by atoms with van der Waals surface area (Å²) in [6.07, 6.45) is 5.05. The number of fused-ring (bicyclic) bond motifs is 2. The molecule has 0 radical (unpaired) electrons. The number of aromatic nitrogens is 6. The van der Waals surface area contributed by atoms with Gasteiger partial charge in [-0.3, -0.25) is 9.20 Å². The standard InChI is InChI=1S/C18H12N6OS2/c25-15-8-12(22-18-23(15)6-7-26-18)10-27-17-14-9-21-24(16(14)19-11-20-17)13-4-2-1-3-5-13/h1-9,11H,10H2. The van der Waals surface area contributed by atoms with Crippen LogP contribution in [0.2, 0.25) is 0 Å². The maximum absolute atomic E-state index is 12.1. The molecule has 0 aliphatic rings. The summed E-state index contributed by atoms with van der Waals surface area (Å²) in [5.74, 6) is 0.548. The highest BCUT2D eigenvalue weighted by molar-refractivity contribution is 7.98. The third-order valence-corrected chi connectivity index (χ3v) is 5.84. The van der Waals surface area contributed by atoms with Gasteiger partial charge < -0.3 is 0 Å². The molecule has 0 aliphatic heterocycles. The van der Waals surface area contributed by atoms with Gasteiger partial charge in [0.2, 0.25) is 0 Å². The lowest BCUT2D eigenvalue weighted by atomic mass is 10.3. The average molecular weight is 392 g/mol. The molecule has 0 N–H and O–H groups in total. The predicted molar refractivity (Wildman–Crippen MR) is 106 cm³/mol. The monoisotopic (exact) mass is 392 g/mol. The van der Waals surface area contributed by atoms with Crippen LogP contribution in [0.4, 0.5) is 0 Å². The minimum absolute atomic E-state index is 0.0680. The van der Waals surface area contributed by atoms with Crippen LogP contribution in [0.3, 0.4) is 0 Å². The van der Waals surface area contributed by atoms with Crippen molar-refractivity contribution in [2.75, 3.05) is 0 Å². The van der Waals surface area contributed by atoms with E-state index >= 15 is 0 Å². The lowest BCUT2D eigenvalue weighted by molar-refractivity contribution is 0.893.